The topological polar surface area (TPSA) is 21.3 Å². The van der Waals surface area contributed by atoms with E-state index in [0.717, 1.165) is 30.9 Å². The lowest BCUT2D eigenvalue weighted by Crippen LogP contribution is -2.26. The molecule has 1 aliphatic heterocycles. The van der Waals surface area contributed by atoms with E-state index in [4.69, 9.17) is 27.9 Å². The molecule has 0 aromatic heterocycles. The number of hydrogen-bond acceptors (Lipinski definition) is 2. The zero-order valence-corrected chi connectivity index (χ0v) is 12.4. The summed E-state index contributed by atoms with van der Waals surface area (Å²) in [5.41, 5.74) is 2.30. The van der Waals surface area contributed by atoms with Crippen LogP contribution in [0, 0.1) is 0 Å². The third-order valence-electron chi connectivity index (χ3n) is 3.43. The summed E-state index contributed by atoms with van der Waals surface area (Å²) < 4.78 is 5.66. The molecule has 1 aliphatic rings. The molecule has 0 saturated carbocycles. The van der Waals surface area contributed by atoms with E-state index in [0.29, 0.717) is 16.1 Å². The number of nitrogens with one attached hydrogen (secondary N) is 1. The fourth-order valence-electron chi connectivity index (χ4n) is 2.51. The van der Waals surface area contributed by atoms with E-state index in [1.54, 1.807) is 6.07 Å². The fraction of sp³-hybridized carbons (Fsp3) is 0.250. The third kappa shape index (κ3) is 3.09. The average molecular weight is 308 g/mol. The van der Waals surface area contributed by atoms with Crippen LogP contribution in [0.4, 0.5) is 0 Å². The summed E-state index contributed by atoms with van der Waals surface area (Å²) in [5, 5.41) is 4.89. The van der Waals surface area contributed by atoms with Crippen LogP contribution in [0.3, 0.4) is 0 Å². The fourth-order valence-corrected chi connectivity index (χ4v) is 3.08. The molecule has 0 spiro atoms. The third-order valence-corrected chi connectivity index (χ3v) is 3.87. The maximum atomic E-state index is 6.02. The van der Waals surface area contributed by atoms with Crippen molar-refractivity contribution in [2.75, 3.05) is 6.61 Å². The van der Waals surface area contributed by atoms with Gasteiger partial charge in [0.1, 0.15) is 5.75 Å². The highest BCUT2D eigenvalue weighted by Crippen LogP contribution is 2.31. The van der Waals surface area contributed by atoms with Gasteiger partial charge in [0, 0.05) is 34.6 Å². The highest BCUT2D eigenvalue weighted by Gasteiger charge is 2.20. The zero-order valence-electron chi connectivity index (χ0n) is 10.9. The molecule has 4 heteroatoms. The first kappa shape index (κ1) is 13.7. The second-order valence-corrected chi connectivity index (χ2v) is 5.76. The van der Waals surface area contributed by atoms with Crippen LogP contribution in [0.2, 0.25) is 10.0 Å². The summed E-state index contributed by atoms with van der Waals surface area (Å²) in [6.07, 6.45) is 0.964. The normalized spacial score (nSPS) is 17.4. The van der Waals surface area contributed by atoms with Gasteiger partial charge in [-0.3, -0.25) is 0 Å². The largest absolute Gasteiger partial charge is 0.493 e. The quantitative estimate of drug-likeness (QED) is 0.894. The van der Waals surface area contributed by atoms with Crippen LogP contribution in [0.5, 0.6) is 5.75 Å². The van der Waals surface area contributed by atoms with E-state index >= 15 is 0 Å². The number of halogens is 2. The minimum absolute atomic E-state index is 0.303. The standard InChI is InChI=1S/C16H15Cl2NO/c17-12-7-11(8-13(18)9-12)10-19-15-5-6-20-16-4-2-1-3-14(15)16/h1-4,7-9,15,19H,5-6,10H2. The van der Waals surface area contributed by atoms with Crippen molar-refractivity contribution >= 4 is 23.2 Å². The predicted molar refractivity (Wildman–Crippen MR) is 82.6 cm³/mol. The Bertz CT molecular complexity index is 595. The summed E-state index contributed by atoms with van der Waals surface area (Å²) in [4.78, 5) is 0. The van der Waals surface area contributed by atoms with Crippen molar-refractivity contribution < 1.29 is 4.74 Å². The Labute approximate surface area is 128 Å². The van der Waals surface area contributed by atoms with Crippen LogP contribution < -0.4 is 10.1 Å². The number of ether oxygens (including phenoxy) is 1. The monoisotopic (exact) mass is 307 g/mol. The first-order valence-corrected chi connectivity index (χ1v) is 7.38. The summed E-state index contributed by atoms with van der Waals surface area (Å²) in [7, 11) is 0. The lowest BCUT2D eigenvalue weighted by atomic mass is 10.0. The van der Waals surface area contributed by atoms with Gasteiger partial charge < -0.3 is 10.1 Å². The highest BCUT2D eigenvalue weighted by atomic mass is 35.5. The van der Waals surface area contributed by atoms with Gasteiger partial charge in [-0.05, 0) is 29.8 Å². The molecule has 2 aromatic rings. The van der Waals surface area contributed by atoms with Crippen LogP contribution in [-0.4, -0.2) is 6.61 Å². The summed E-state index contributed by atoms with van der Waals surface area (Å²) in [5.74, 6) is 0.973. The number of fused-ring (bicyclic) bond motifs is 1. The van der Waals surface area contributed by atoms with Gasteiger partial charge in [-0.15, -0.1) is 0 Å². The molecule has 3 rings (SSSR count). The molecule has 20 heavy (non-hydrogen) atoms. The van der Waals surface area contributed by atoms with Crippen LogP contribution in [0.25, 0.3) is 0 Å². The first-order chi connectivity index (χ1) is 9.72. The molecule has 1 heterocycles. The van der Waals surface area contributed by atoms with E-state index in [1.165, 1.54) is 5.56 Å². The lowest BCUT2D eigenvalue weighted by Gasteiger charge is -2.26. The maximum Gasteiger partial charge on any atom is 0.124 e. The van der Waals surface area contributed by atoms with Crippen molar-refractivity contribution in [3.8, 4) is 5.75 Å². The van der Waals surface area contributed by atoms with Crippen molar-refractivity contribution in [3.05, 3.63) is 63.6 Å². The smallest absolute Gasteiger partial charge is 0.124 e. The average Bonchev–Trinajstić information content (AvgIpc) is 2.44. The van der Waals surface area contributed by atoms with Gasteiger partial charge in [0.25, 0.3) is 0 Å². The number of para-hydroxylation sites is 1. The van der Waals surface area contributed by atoms with Gasteiger partial charge in [-0.2, -0.15) is 0 Å². The van der Waals surface area contributed by atoms with Crippen molar-refractivity contribution in [2.24, 2.45) is 0 Å². The number of hydrogen-bond donors (Lipinski definition) is 1. The molecule has 0 bridgehead atoms. The van der Waals surface area contributed by atoms with Crippen molar-refractivity contribution in [1.29, 1.82) is 0 Å². The summed E-state index contributed by atoms with van der Waals surface area (Å²) in [6.45, 7) is 1.48. The van der Waals surface area contributed by atoms with Crippen molar-refractivity contribution in [2.45, 2.75) is 19.0 Å². The minimum Gasteiger partial charge on any atom is -0.493 e. The van der Waals surface area contributed by atoms with Crippen molar-refractivity contribution in [3.63, 3.8) is 0 Å². The molecule has 2 nitrogen and oxygen atoms in total. The Morgan fingerprint density at radius 3 is 2.65 bits per heavy atom. The molecule has 0 aliphatic carbocycles. The van der Waals surface area contributed by atoms with Gasteiger partial charge in [0.15, 0.2) is 0 Å². The van der Waals surface area contributed by atoms with Crippen LogP contribution in [0.15, 0.2) is 42.5 Å². The van der Waals surface area contributed by atoms with E-state index in [9.17, 15) is 0 Å². The lowest BCUT2D eigenvalue weighted by molar-refractivity contribution is 0.252. The van der Waals surface area contributed by atoms with E-state index in [-0.39, 0.29) is 0 Å². The summed E-state index contributed by atoms with van der Waals surface area (Å²) in [6, 6.07) is 14.1. The highest BCUT2D eigenvalue weighted by molar-refractivity contribution is 6.34. The molecule has 1 unspecified atom stereocenters. The molecule has 0 saturated heterocycles. The molecule has 2 aromatic carbocycles. The molecule has 0 amide bonds. The zero-order chi connectivity index (χ0) is 13.9. The molecule has 1 atom stereocenters. The van der Waals surface area contributed by atoms with E-state index in [1.807, 2.05) is 30.3 Å². The maximum absolute atomic E-state index is 6.02. The Kier molecular flexibility index (Phi) is 4.16. The Morgan fingerprint density at radius 2 is 1.85 bits per heavy atom. The molecular formula is C16H15Cl2NO. The molecular weight excluding hydrogens is 293 g/mol. The SMILES string of the molecule is Clc1cc(Cl)cc(CNC2CCOc3ccccc32)c1. The van der Waals surface area contributed by atoms with Crippen LogP contribution in [-0.2, 0) is 6.54 Å². The van der Waals surface area contributed by atoms with Gasteiger partial charge in [-0.1, -0.05) is 41.4 Å². The second-order valence-electron chi connectivity index (χ2n) is 4.89. The molecule has 104 valence electrons. The molecule has 0 radical (unpaired) electrons. The van der Waals surface area contributed by atoms with E-state index < -0.39 is 0 Å². The molecule has 0 fully saturated rings. The Morgan fingerprint density at radius 1 is 1.10 bits per heavy atom. The molecule has 1 N–H and O–H groups in total. The number of rotatable bonds is 3. The minimum atomic E-state index is 0.303. The first-order valence-electron chi connectivity index (χ1n) is 6.62. The number of benzene rings is 2. The van der Waals surface area contributed by atoms with Gasteiger partial charge in [0.2, 0.25) is 0 Å². The van der Waals surface area contributed by atoms with Gasteiger partial charge in [-0.25, -0.2) is 0 Å². The second kappa shape index (κ2) is 6.04. The summed E-state index contributed by atoms with van der Waals surface area (Å²) >= 11 is 12.0. The Hall–Kier alpha value is -1.22. The van der Waals surface area contributed by atoms with Gasteiger partial charge in [0.05, 0.1) is 6.61 Å². The Balaban J connectivity index is 1.73. The predicted octanol–water partition coefficient (Wildman–Crippen LogP) is 4.61. The van der Waals surface area contributed by atoms with Crippen molar-refractivity contribution in [1.82, 2.24) is 5.32 Å². The van der Waals surface area contributed by atoms with Gasteiger partial charge >= 0.3 is 0 Å². The van der Waals surface area contributed by atoms with Crippen LogP contribution >= 0.6 is 23.2 Å². The van der Waals surface area contributed by atoms with E-state index in [2.05, 4.69) is 11.4 Å². The van der Waals surface area contributed by atoms with Crippen LogP contribution in [0.1, 0.15) is 23.6 Å².